The van der Waals surface area contributed by atoms with Crippen molar-refractivity contribution in [2.45, 2.75) is 25.2 Å². The summed E-state index contributed by atoms with van der Waals surface area (Å²) in [5.41, 5.74) is -2.22. The Kier molecular flexibility index (Phi) is 5.46. The molecule has 3 rings (SSSR count). The largest absolute Gasteiger partial charge is 0.481 e. The lowest BCUT2D eigenvalue weighted by atomic mass is 9.58. The molecule has 2 aromatic rings. The Hall–Kier alpha value is -2.44. The number of halogens is 2. The van der Waals surface area contributed by atoms with Gasteiger partial charge in [0.15, 0.2) is 5.15 Å². The van der Waals surface area contributed by atoms with E-state index >= 15 is 0 Å². The molecule has 6 nitrogen and oxygen atoms in total. The van der Waals surface area contributed by atoms with E-state index in [0.29, 0.717) is 10.6 Å². The van der Waals surface area contributed by atoms with Gasteiger partial charge in [0.2, 0.25) is 0 Å². The minimum atomic E-state index is -1.56. The van der Waals surface area contributed by atoms with E-state index in [-0.39, 0.29) is 23.7 Å². The van der Waals surface area contributed by atoms with E-state index in [4.69, 9.17) is 23.2 Å². The second-order valence-corrected chi connectivity index (χ2v) is 7.87. The quantitative estimate of drug-likeness (QED) is 0.708. The van der Waals surface area contributed by atoms with Crippen LogP contribution in [0.5, 0.6) is 0 Å². The van der Waals surface area contributed by atoms with Crippen LogP contribution in [0, 0.1) is 11.3 Å². The molecule has 8 heteroatoms. The summed E-state index contributed by atoms with van der Waals surface area (Å²) >= 11 is 12.0. The first-order valence-electron chi connectivity index (χ1n) is 8.60. The summed E-state index contributed by atoms with van der Waals surface area (Å²) in [6.07, 6.45) is 3.07. The summed E-state index contributed by atoms with van der Waals surface area (Å²) in [6.45, 7) is 1.72. The molecule has 0 aliphatic heterocycles. The molecule has 1 aliphatic carbocycles. The van der Waals surface area contributed by atoms with Gasteiger partial charge in [0.1, 0.15) is 5.41 Å². The number of aromatic nitrogens is 2. The van der Waals surface area contributed by atoms with E-state index in [9.17, 15) is 19.8 Å². The van der Waals surface area contributed by atoms with Crippen LogP contribution in [0.25, 0.3) is 0 Å². The average molecular weight is 421 g/mol. The first kappa shape index (κ1) is 20.3. The van der Waals surface area contributed by atoms with Gasteiger partial charge >= 0.3 is 11.9 Å². The molecule has 146 valence electrons. The molecule has 0 saturated heterocycles. The normalized spacial score (nSPS) is 26.8. The zero-order chi connectivity index (χ0) is 20.5. The van der Waals surface area contributed by atoms with Gasteiger partial charge in [0.05, 0.1) is 11.1 Å². The van der Waals surface area contributed by atoms with Crippen molar-refractivity contribution in [2.75, 3.05) is 0 Å². The Labute approximate surface area is 171 Å². The maximum atomic E-state index is 12.4. The molecule has 0 bridgehead atoms. The van der Waals surface area contributed by atoms with Crippen molar-refractivity contribution < 1.29 is 19.8 Å². The van der Waals surface area contributed by atoms with Crippen molar-refractivity contribution in [3.63, 3.8) is 0 Å². The maximum Gasteiger partial charge on any atom is 0.316 e. The molecule has 1 aromatic carbocycles. The first-order valence-corrected chi connectivity index (χ1v) is 9.36. The third kappa shape index (κ3) is 3.38. The smallest absolute Gasteiger partial charge is 0.316 e. The van der Waals surface area contributed by atoms with Gasteiger partial charge in [-0.15, -0.1) is 5.10 Å². The second-order valence-electron chi connectivity index (χ2n) is 7.07. The zero-order valence-electron chi connectivity index (χ0n) is 15.0. The van der Waals surface area contributed by atoms with E-state index in [1.807, 2.05) is 0 Å². The van der Waals surface area contributed by atoms with Gasteiger partial charge < -0.3 is 10.2 Å². The van der Waals surface area contributed by atoms with Crippen molar-refractivity contribution >= 4 is 35.1 Å². The number of hydrogen-bond donors (Lipinski definition) is 2. The molecule has 1 heterocycles. The zero-order valence-corrected chi connectivity index (χ0v) is 16.5. The van der Waals surface area contributed by atoms with Crippen molar-refractivity contribution in [1.29, 1.82) is 0 Å². The number of hydrogen-bond acceptors (Lipinski definition) is 4. The van der Waals surface area contributed by atoms with Gasteiger partial charge in [0, 0.05) is 5.02 Å². The van der Waals surface area contributed by atoms with Gasteiger partial charge in [-0.05, 0) is 42.5 Å². The van der Waals surface area contributed by atoms with Gasteiger partial charge in [0.25, 0.3) is 0 Å². The molecule has 1 aromatic heterocycles. The molecule has 0 fully saturated rings. The van der Waals surface area contributed by atoms with Gasteiger partial charge in [-0.3, -0.25) is 9.59 Å². The molecule has 1 aliphatic rings. The van der Waals surface area contributed by atoms with E-state index < -0.39 is 28.7 Å². The van der Waals surface area contributed by atoms with Gasteiger partial charge in [-0.25, -0.2) is 0 Å². The molecular formula is C20H18Cl2N2O4. The Morgan fingerprint density at radius 2 is 1.82 bits per heavy atom. The fourth-order valence-electron chi connectivity index (χ4n) is 3.79. The molecule has 0 saturated carbocycles. The lowest BCUT2D eigenvalue weighted by Crippen LogP contribution is -2.51. The molecule has 0 amide bonds. The van der Waals surface area contributed by atoms with Crippen LogP contribution in [0.4, 0.5) is 0 Å². The van der Waals surface area contributed by atoms with E-state index in [0.717, 1.165) is 0 Å². The minimum absolute atomic E-state index is 0.0568. The molecule has 28 heavy (non-hydrogen) atoms. The van der Waals surface area contributed by atoms with Crippen LogP contribution in [-0.2, 0) is 21.4 Å². The third-order valence-electron chi connectivity index (χ3n) is 5.44. The van der Waals surface area contributed by atoms with Crippen molar-refractivity contribution in [2.24, 2.45) is 11.3 Å². The second kappa shape index (κ2) is 7.53. The van der Waals surface area contributed by atoms with Crippen LogP contribution in [-0.4, -0.2) is 32.3 Å². The van der Waals surface area contributed by atoms with Crippen molar-refractivity contribution in [3.05, 3.63) is 70.0 Å². The topological polar surface area (TPSA) is 100 Å². The average Bonchev–Trinajstić information content (AvgIpc) is 2.65. The number of aliphatic carboxylic acids is 2. The highest BCUT2D eigenvalue weighted by Crippen LogP contribution is 2.49. The summed E-state index contributed by atoms with van der Waals surface area (Å²) in [5.74, 6) is -2.78. The molecule has 0 spiro atoms. The first-order chi connectivity index (χ1) is 13.2. The van der Waals surface area contributed by atoms with Crippen LogP contribution in [0.3, 0.4) is 0 Å². The van der Waals surface area contributed by atoms with Crippen molar-refractivity contribution in [3.8, 4) is 0 Å². The molecule has 2 N–H and O–H groups in total. The predicted octanol–water partition coefficient (Wildman–Crippen LogP) is 4.02. The highest BCUT2D eigenvalue weighted by molar-refractivity contribution is 6.31. The maximum absolute atomic E-state index is 12.4. The number of carbonyl (C=O) groups is 2. The molecule has 0 radical (unpaired) electrons. The number of benzene rings is 1. The van der Waals surface area contributed by atoms with E-state index in [1.165, 1.54) is 12.1 Å². The Morgan fingerprint density at radius 1 is 1.11 bits per heavy atom. The highest BCUT2D eigenvalue weighted by atomic mass is 35.5. The standard InChI is InChI=1S/C20H18Cl2N2O4/c1-12-8-9-19(17(25)26,10-13-4-2-3-5-14(13)21)11-20(12,18(27)28)15-6-7-16(22)24-23-15/h2-9,12H,10-11H2,1H3,(H,25,26)(H,27,28). The van der Waals surface area contributed by atoms with Crippen LogP contribution in [0.1, 0.15) is 24.6 Å². The molecule has 3 unspecified atom stereocenters. The number of rotatable bonds is 5. The number of allylic oxidation sites excluding steroid dienone is 1. The number of carboxylic acid groups (broad SMARTS) is 2. The monoisotopic (exact) mass is 420 g/mol. The van der Waals surface area contributed by atoms with E-state index in [1.54, 1.807) is 43.3 Å². The van der Waals surface area contributed by atoms with Gasteiger partial charge in [-0.1, -0.05) is 60.5 Å². The van der Waals surface area contributed by atoms with Crippen molar-refractivity contribution in [1.82, 2.24) is 10.2 Å². The Morgan fingerprint density at radius 3 is 2.39 bits per heavy atom. The summed E-state index contributed by atoms with van der Waals surface area (Å²) in [6, 6.07) is 9.88. The molecule has 3 atom stereocenters. The molecular weight excluding hydrogens is 403 g/mol. The highest BCUT2D eigenvalue weighted by Gasteiger charge is 2.56. The minimum Gasteiger partial charge on any atom is -0.481 e. The predicted molar refractivity (Wildman–Crippen MR) is 105 cm³/mol. The summed E-state index contributed by atoms with van der Waals surface area (Å²) < 4.78 is 0. The number of nitrogens with zero attached hydrogens (tertiary/aromatic N) is 2. The fraction of sp³-hybridized carbons (Fsp3) is 0.300. The summed E-state index contributed by atoms with van der Waals surface area (Å²) in [5, 5.41) is 28.6. The van der Waals surface area contributed by atoms with Gasteiger partial charge in [-0.2, -0.15) is 5.10 Å². The fourth-order valence-corrected chi connectivity index (χ4v) is 4.10. The lowest BCUT2D eigenvalue weighted by molar-refractivity contribution is -0.153. The summed E-state index contributed by atoms with van der Waals surface area (Å²) in [7, 11) is 0. The SMILES string of the molecule is CC1C=CC(Cc2ccccc2Cl)(C(=O)O)CC1(C(=O)O)c1ccc(Cl)nn1. The van der Waals surface area contributed by atoms with E-state index in [2.05, 4.69) is 10.2 Å². The number of carboxylic acids is 2. The van der Waals surface area contributed by atoms with Crippen LogP contribution in [0.15, 0.2) is 48.6 Å². The van der Waals surface area contributed by atoms with Crippen LogP contribution < -0.4 is 0 Å². The van der Waals surface area contributed by atoms with Crippen LogP contribution in [0.2, 0.25) is 10.2 Å². The Balaban J connectivity index is 2.15. The lowest BCUT2D eigenvalue weighted by Gasteiger charge is -2.43. The summed E-state index contributed by atoms with van der Waals surface area (Å²) in [4.78, 5) is 24.8. The Bertz CT molecular complexity index is 947. The third-order valence-corrected chi connectivity index (χ3v) is 6.01. The van der Waals surface area contributed by atoms with Crippen LogP contribution >= 0.6 is 23.2 Å².